The summed E-state index contributed by atoms with van der Waals surface area (Å²) in [5, 5.41) is 2.47. The Hall–Kier alpha value is -1.91. The molecular formula is C9H10N2O3. The highest BCUT2D eigenvalue weighted by molar-refractivity contribution is 5.89. The van der Waals surface area contributed by atoms with Crippen LogP contribution >= 0.6 is 0 Å². The lowest BCUT2D eigenvalue weighted by Gasteiger charge is -2.04. The van der Waals surface area contributed by atoms with Crippen LogP contribution in [0.4, 0.5) is 5.82 Å². The highest BCUT2D eigenvalue weighted by Crippen LogP contribution is 2.14. The van der Waals surface area contributed by atoms with Crippen molar-refractivity contribution in [3.8, 4) is 5.88 Å². The first-order chi connectivity index (χ1) is 6.65. The number of carbonyl (C=O) groups is 2. The number of aromatic nitrogens is 1. The molecule has 0 fully saturated rings. The lowest BCUT2D eigenvalue weighted by molar-refractivity contribution is -0.114. The van der Waals surface area contributed by atoms with E-state index in [-0.39, 0.29) is 5.91 Å². The standard InChI is InChI=1S/C9H10N2O3/c1-6(13)10-8-3-7(5-12)4-9(11-8)14-2/h3-5H,1-2H3,(H,10,11,13). The Labute approximate surface area is 81.1 Å². The quantitative estimate of drug-likeness (QED) is 0.724. The molecule has 0 spiro atoms. The highest BCUT2D eigenvalue weighted by atomic mass is 16.5. The van der Waals surface area contributed by atoms with Crippen LogP contribution in [0.5, 0.6) is 5.88 Å². The SMILES string of the molecule is COc1cc(C=O)cc(NC(C)=O)n1. The molecule has 1 aromatic rings. The molecule has 1 rings (SSSR count). The summed E-state index contributed by atoms with van der Waals surface area (Å²) in [4.78, 5) is 25.2. The smallest absolute Gasteiger partial charge is 0.222 e. The van der Waals surface area contributed by atoms with Gasteiger partial charge in [-0.3, -0.25) is 9.59 Å². The fourth-order valence-corrected chi connectivity index (χ4v) is 0.942. The number of pyridine rings is 1. The minimum Gasteiger partial charge on any atom is -0.481 e. The summed E-state index contributed by atoms with van der Waals surface area (Å²) < 4.78 is 4.86. The molecule has 0 bridgehead atoms. The van der Waals surface area contributed by atoms with E-state index in [4.69, 9.17) is 4.74 Å². The van der Waals surface area contributed by atoms with E-state index in [1.807, 2.05) is 0 Å². The number of carbonyl (C=O) groups excluding carboxylic acids is 2. The van der Waals surface area contributed by atoms with E-state index in [0.717, 1.165) is 0 Å². The zero-order chi connectivity index (χ0) is 10.6. The van der Waals surface area contributed by atoms with Crippen molar-refractivity contribution in [3.05, 3.63) is 17.7 Å². The van der Waals surface area contributed by atoms with Crippen LogP contribution in [0.25, 0.3) is 0 Å². The molecule has 0 radical (unpaired) electrons. The number of ether oxygens (including phenoxy) is 1. The number of amides is 1. The number of hydrogen-bond donors (Lipinski definition) is 1. The van der Waals surface area contributed by atoms with Crippen molar-refractivity contribution in [1.29, 1.82) is 0 Å². The third-order valence-corrected chi connectivity index (χ3v) is 1.47. The number of hydrogen-bond acceptors (Lipinski definition) is 4. The topological polar surface area (TPSA) is 68.3 Å². The molecule has 5 nitrogen and oxygen atoms in total. The van der Waals surface area contributed by atoms with E-state index in [1.165, 1.54) is 26.2 Å². The van der Waals surface area contributed by atoms with Gasteiger partial charge in [0.1, 0.15) is 12.1 Å². The Morgan fingerprint density at radius 1 is 1.57 bits per heavy atom. The van der Waals surface area contributed by atoms with Crippen LogP contribution in [0, 0.1) is 0 Å². The largest absolute Gasteiger partial charge is 0.481 e. The van der Waals surface area contributed by atoms with E-state index in [1.54, 1.807) is 0 Å². The molecule has 0 saturated heterocycles. The van der Waals surface area contributed by atoms with Gasteiger partial charge in [-0.2, -0.15) is 4.98 Å². The molecule has 0 aromatic carbocycles. The van der Waals surface area contributed by atoms with E-state index in [9.17, 15) is 9.59 Å². The summed E-state index contributed by atoms with van der Waals surface area (Å²) in [5.41, 5.74) is 0.403. The molecule has 1 N–H and O–H groups in total. The summed E-state index contributed by atoms with van der Waals surface area (Å²) in [7, 11) is 1.44. The minimum absolute atomic E-state index is 0.248. The normalized spacial score (nSPS) is 9.29. The second kappa shape index (κ2) is 4.36. The van der Waals surface area contributed by atoms with Gasteiger partial charge in [-0.1, -0.05) is 0 Å². The molecule has 0 aliphatic heterocycles. The van der Waals surface area contributed by atoms with Crippen LogP contribution in [0.1, 0.15) is 17.3 Å². The van der Waals surface area contributed by atoms with Gasteiger partial charge in [0.2, 0.25) is 11.8 Å². The number of methoxy groups -OCH3 is 1. The Morgan fingerprint density at radius 2 is 2.29 bits per heavy atom. The van der Waals surface area contributed by atoms with Crippen molar-refractivity contribution in [2.45, 2.75) is 6.92 Å². The van der Waals surface area contributed by atoms with Gasteiger partial charge in [-0.05, 0) is 6.07 Å². The molecule has 1 aromatic heterocycles. The van der Waals surface area contributed by atoms with Crippen LogP contribution in [0.3, 0.4) is 0 Å². The van der Waals surface area contributed by atoms with E-state index < -0.39 is 0 Å². The molecule has 1 amide bonds. The fourth-order valence-electron chi connectivity index (χ4n) is 0.942. The van der Waals surface area contributed by atoms with Crippen molar-refractivity contribution in [3.63, 3.8) is 0 Å². The fraction of sp³-hybridized carbons (Fsp3) is 0.222. The van der Waals surface area contributed by atoms with Crippen LogP contribution < -0.4 is 10.1 Å². The average Bonchev–Trinajstić information content (AvgIpc) is 2.16. The molecule has 0 aliphatic rings. The first-order valence-corrected chi connectivity index (χ1v) is 3.94. The first kappa shape index (κ1) is 10.2. The maximum absolute atomic E-state index is 10.7. The molecule has 0 atom stereocenters. The van der Waals surface area contributed by atoms with Crippen LogP contribution in [-0.4, -0.2) is 24.3 Å². The molecule has 0 aliphatic carbocycles. The number of anilines is 1. The Bertz CT molecular complexity index is 363. The maximum Gasteiger partial charge on any atom is 0.222 e. The van der Waals surface area contributed by atoms with Gasteiger partial charge in [0.15, 0.2) is 0 Å². The summed E-state index contributed by atoms with van der Waals surface area (Å²) in [6.07, 6.45) is 0.662. The second-order valence-corrected chi connectivity index (χ2v) is 2.63. The summed E-state index contributed by atoms with van der Waals surface area (Å²) in [5.74, 6) is 0.347. The van der Waals surface area contributed by atoms with Crippen molar-refractivity contribution in [1.82, 2.24) is 4.98 Å². The molecule has 1 heterocycles. The zero-order valence-electron chi connectivity index (χ0n) is 7.90. The van der Waals surface area contributed by atoms with E-state index in [2.05, 4.69) is 10.3 Å². The lowest BCUT2D eigenvalue weighted by atomic mass is 10.3. The van der Waals surface area contributed by atoms with Crippen LogP contribution in [0.2, 0.25) is 0 Å². The number of nitrogens with zero attached hydrogens (tertiary/aromatic N) is 1. The minimum atomic E-state index is -0.248. The predicted octanol–water partition coefficient (Wildman–Crippen LogP) is 0.861. The zero-order valence-corrected chi connectivity index (χ0v) is 7.90. The molecule has 14 heavy (non-hydrogen) atoms. The Kier molecular flexibility index (Phi) is 3.17. The third-order valence-electron chi connectivity index (χ3n) is 1.47. The molecular weight excluding hydrogens is 184 g/mol. The van der Waals surface area contributed by atoms with Gasteiger partial charge in [0.05, 0.1) is 7.11 Å². The van der Waals surface area contributed by atoms with Crippen molar-refractivity contribution in [2.75, 3.05) is 12.4 Å². The van der Waals surface area contributed by atoms with Crippen molar-refractivity contribution < 1.29 is 14.3 Å². The van der Waals surface area contributed by atoms with E-state index in [0.29, 0.717) is 23.5 Å². The van der Waals surface area contributed by atoms with Gasteiger partial charge < -0.3 is 10.1 Å². The highest BCUT2D eigenvalue weighted by Gasteiger charge is 2.03. The third kappa shape index (κ3) is 2.55. The lowest BCUT2D eigenvalue weighted by Crippen LogP contribution is -2.08. The van der Waals surface area contributed by atoms with Gasteiger partial charge >= 0.3 is 0 Å². The van der Waals surface area contributed by atoms with Gasteiger partial charge in [-0.15, -0.1) is 0 Å². The molecule has 0 saturated carbocycles. The second-order valence-electron chi connectivity index (χ2n) is 2.63. The molecule has 5 heteroatoms. The maximum atomic E-state index is 10.7. The Morgan fingerprint density at radius 3 is 2.79 bits per heavy atom. The molecule has 0 unspecified atom stereocenters. The number of aldehydes is 1. The van der Waals surface area contributed by atoms with Crippen molar-refractivity contribution >= 4 is 18.0 Å². The van der Waals surface area contributed by atoms with Crippen LogP contribution in [0.15, 0.2) is 12.1 Å². The summed E-state index contributed by atoms with van der Waals surface area (Å²) >= 11 is 0. The van der Waals surface area contributed by atoms with E-state index >= 15 is 0 Å². The van der Waals surface area contributed by atoms with Crippen molar-refractivity contribution in [2.24, 2.45) is 0 Å². The van der Waals surface area contributed by atoms with Gasteiger partial charge in [-0.25, -0.2) is 0 Å². The summed E-state index contributed by atoms with van der Waals surface area (Å²) in [6, 6.07) is 2.95. The Balaban J connectivity index is 3.03. The molecule has 74 valence electrons. The van der Waals surface area contributed by atoms with Crippen LogP contribution in [-0.2, 0) is 4.79 Å². The van der Waals surface area contributed by atoms with Gasteiger partial charge in [0, 0.05) is 18.6 Å². The summed E-state index contributed by atoms with van der Waals surface area (Å²) in [6.45, 7) is 1.36. The first-order valence-electron chi connectivity index (χ1n) is 3.94. The van der Waals surface area contributed by atoms with Gasteiger partial charge in [0.25, 0.3) is 0 Å². The number of rotatable bonds is 3. The predicted molar refractivity (Wildman–Crippen MR) is 50.5 cm³/mol. The monoisotopic (exact) mass is 194 g/mol. The number of nitrogens with one attached hydrogen (secondary N) is 1. The average molecular weight is 194 g/mol.